The van der Waals surface area contributed by atoms with E-state index in [0.29, 0.717) is 35.7 Å². The highest BCUT2D eigenvalue weighted by molar-refractivity contribution is 6.31. The van der Waals surface area contributed by atoms with Crippen molar-refractivity contribution in [1.82, 2.24) is 15.1 Å². The molecule has 0 bridgehead atoms. The predicted octanol–water partition coefficient (Wildman–Crippen LogP) is 3.77. The van der Waals surface area contributed by atoms with Crippen LogP contribution < -0.4 is 4.74 Å². The van der Waals surface area contributed by atoms with Crippen LogP contribution >= 0.6 is 11.6 Å². The Kier molecular flexibility index (Phi) is 5.08. The smallest absolute Gasteiger partial charge is 0.470 e. The van der Waals surface area contributed by atoms with Gasteiger partial charge in [-0.1, -0.05) is 11.6 Å². The molecule has 1 atom stereocenters. The molecular weight excluding hydrogens is 375 g/mol. The number of carbonyl (C=O) groups excluding carboxylic acids is 1. The molecule has 10 heteroatoms. The van der Waals surface area contributed by atoms with Crippen LogP contribution in [0, 0.1) is 0 Å². The van der Waals surface area contributed by atoms with E-state index in [1.165, 1.54) is 18.1 Å². The Hall–Kier alpha value is -2.29. The van der Waals surface area contributed by atoms with Gasteiger partial charge in [0, 0.05) is 18.1 Å². The van der Waals surface area contributed by atoms with Crippen LogP contribution in [-0.4, -0.2) is 41.2 Å². The summed E-state index contributed by atoms with van der Waals surface area (Å²) in [5.74, 6) is -1.90. The second-order valence-electron chi connectivity index (χ2n) is 5.88. The second-order valence-corrected chi connectivity index (χ2v) is 6.31. The summed E-state index contributed by atoms with van der Waals surface area (Å²) in [6, 6.07) is 4.69. The zero-order chi connectivity index (χ0) is 18.9. The molecular formula is C16H15ClF3N3O3. The highest BCUT2D eigenvalue weighted by Gasteiger charge is 2.39. The molecule has 0 unspecified atom stereocenters. The first kappa shape index (κ1) is 18.5. The number of nitrogens with zero attached hydrogens (tertiary/aromatic N) is 3. The predicted molar refractivity (Wildman–Crippen MR) is 85.2 cm³/mol. The monoisotopic (exact) mass is 389 g/mol. The molecule has 1 aromatic carbocycles. The standard InChI is InChI=1S/C16H15ClF3N3O3/c1-25-12-5-4-10(17)7-11(12)14(24)23-6-2-3-9(8-23)13-21-22-15(26-13)16(18,19)20/h4-5,7,9H,2-3,6,8H2,1H3/t9-/m0/s1. The van der Waals surface area contributed by atoms with Crippen LogP contribution in [0.1, 0.15) is 40.9 Å². The summed E-state index contributed by atoms with van der Waals surface area (Å²) in [7, 11) is 1.44. The number of hydrogen-bond donors (Lipinski definition) is 0. The number of halogens is 4. The summed E-state index contributed by atoms with van der Waals surface area (Å²) < 4.78 is 47.8. The van der Waals surface area contributed by atoms with Crippen LogP contribution in [0.3, 0.4) is 0 Å². The van der Waals surface area contributed by atoms with E-state index in [2.05, 4.69) is 10.2 Å². The number of benzene rings is 1. The number of carbonyl (C=O) groups is 1. The number of methoxy groups -OCH3 is 1. The summed E-state index contributed by atoms with van der Waals surface area (Å²) in [5.41, 5.74) is 0.294. The van der Waals surface area contributed by atoms with Gasteiger partial charge in [-0.25, -0.2) is 0 Å². The van der Waals surface area contributed by atoms with E-state index in [4.69, 9.17) is 20.8 Å². The van der Waals surface area contributed by atoms with Crippen molar-refractivity contribution in [2.75, 3.05) is 20.2 Å². The number of likely N-dealkylation sites (tertiary alicyclic amines) is 1. The molecule has 1 saturated heterocycles. The fourth-order valence-corrected chi connectivity index (χ4v) is 3.07. The largest absolute Gasteiger partial charge is 0.496 e. The van der Waals surface area contributed by atoms with E-state index in [-0.39, 0.29) is 18.3 Å². The van der Waals surface area contributed by atoms with E-state index < -0.39 is 18.0 Å². The lowest BCUT2D eigenvalue weighted by molar-refractivity contribution is -0.157. The molecule has 0 spiro atoms. The summed E-state index contributed by atoms with van der Waals surface area (Å²) in [6.07, 6.45) is -3.54. The SMILES string of the molecule is COc1ccc(Cl)cc1C(=O)N1CCC[C@H](c2nnc(C(F)(F)F)o2)C1. The minimum atomic E-state index is -4.69. The third-order valence-corrected chi connectivity index (χ3v) is 4.37. The summed E-state index contributed by atoms with van der Waals surface area (Å²) in [4.78, 5) is 14.3. The van der Waals surface area contributed by atoms with Gasteiger partial charge in [0.15, 0.2) is 0 Å². The van der Waals surface area contributed by atoms with Gasteiger partial charge in [0.2, 0.25) is 5.89 Å². The van der Waals surface area contributed by atoms with E-state index in [1.807, 2.05) is 0 Å². The van der Waals surface area contributed by atoms with Crippen molar-refractivity contribution in [3.63, 3.8) is 0 Å². The topological polar surface area (TPSA) is 68.5 Å². The lowest BCUT2D eigenvalue weighted by Crippen LogP contribution is -2.39. The van der Waals surface area contributed by atoms with Crippen molar-refractivity contribution in [3.05, 3.63) is 40.6 Å². The number of aromatic nitrogens is 2. The van der Waals surface area contributed by atoms with Gasteiger partial charge < -0.3 is 14.1 Å². The molecule has 1 aliphatic heterocycles. The van der Waals surface area contributed by atoms with Crippen LogP contribution in [0.25, 0.3) is 0 Å². The molecule has 1 aliphatic rings. The van der Waals surface area contributed by atoms with Crippen molar-refractivity contribution < 1.29 is 27.1 Å². The molecule has 2 heterocycles. The van der Waals surface area contributed by atoms with Crippen molar-refractivity contribution in [2.24, 2.45) is 0 Å². The molecule has 140 valence electrons. The van der Waals surface area contributed by atoms with Gasteiger partial charge in [0.05, 0.1) is 18.6 Å². The molecule has 26 heavy (non-hydrogen) atoms. The Morgan fingerprint density at radius 1 is 1.38 bits per heavy atom. The second kappa shape index (κ2) is 7.14. The number of rotatable bonds is 3. The first-order valence-electron chi connectivity index (χ1n) is 7.83. The van der Waals surface area contributed by atoms with Crippen LogP contribution in [0.4, 0.5) is 13.2 Å². The lowest BCUT2D eigenvalue weighted by atomic mass is 9.97. The highest BCUT2D eigenvalue weighted by atomic mass is 35.5. The normalized spacial score (nSPS) is 18.0. The molecule has 1 aromatic heterocycles. The maximum atomic E-state index is 12.8. The van der Waals surface area contributed by atoms with Gasteiger partial charge in [0.1, 0.15) is 5.75 Å². The molecule has 0 saturated carbocycles. The quantitative estimate of drug-likeness (QED) is 0.799. The van der Waals surface area contributed by atoms with Gasteiger partial charge in [-0.05, 0) is 31.0 Å². The molecule has 2 aromatic rings. The molecule has 3 rings (SSSR count). The van der Waals surface area contributed by atoms with Gasteiger partial charge in [0.25, 0.3) is 5.91 Å². The summed E-state index contributed by atoms with van der Waals surface area (Å²) in [6.45, 7) is 0.638. The lowest BCUT2D eigenvalue weighted by Gasteiger charge is -2.31. The van der Waals surface area contributed by atoms with Gasteiger partial charge in [-0.3, -0.25) is 4.79 Å². The highest BCUT2D eigenvalue weighted by Crippen LogP contribution is 2.33. The van der Waals surface area contributed by atoms with Gasteiger partial charge in [-0.2, -0.15) is 13.2 Å². The summed E-state index contributed by atoms with van der Waals surface area (Å²) in [5, 5.41) is 6.93. The van der Waals surface area contributed by atoms with E-state index in [0.717, 1.165) is 0 Å². The maximum Gasteiger partial charge on any atom is 0.470 e. The third-order valence-electron chi connectivity index (χ3n) is 4.13. The Balaban J connectivity index is 1.79. The average Bonchev–Trinajstić information content (AvgIpc) is 3.12. The number of piperidine rings is 1. The maximum absolute atomic E-state index is 12.8. The van der Waals surface area contributed by atoms with Crippen LogP contribution in [0.15, 0.2) is 22.6 Å². The van der Waals surface area contributed by atoms with Gasteiger partial charge >= 0.3 is 12.1 Å². The Morgan fingerprint density at radius 3 is 2.81 bits per heavy atom. The van der Waals surface area contributed by atoms with Crippen molar-refractivity contribution in [3.8, 4) is 5.75 Å². The Morgan fingerprint density at radius 2 is 2.15 bits per heavy atom. The van der Waals surface area contributed by atoms with Crippen LogP contribution in [-0.2, 0) is 6.18 Å². The number of alkyl halides is 3. The Labute approximate surface area is 151 Å². The average molecular weight is 390 g/mol. The number of hydrogen-bond acceptors (Lipinski definition) is 5. The van der Waals surface area contributed by atoms with E-state index in [9.17, 15) is 18.0 Å². The van der Waals surface area contributed by atoms with E-state index in [1.54, 1.807) is 12.1 Å². The van der Waals surface area contributed by atoms with Crippen molar-refractivity contribution >= 4 is 17.5 Å². The first-order chi connectivity index (χ1) is 12.3. The molecule has 1 fully saturated rings. The molecule has 0 aliphatic carbocycles. The van der Waals surface area contributed by atoms with Gasteiger partial charge in [-0.15, -0.1) is 10.2 Å². The van der Waals surface area contributed by atoms with Crippen molar-refractivity contribution in [1.29, 1.82) is 0 Å². The molecule has 1 amide bonds. The third kappa shape index (κ3) is 3.77. The molecule has 0 N–H and O–H groups in total. The number of amides is 1. The molecule has 6 nitrogen and oxygen atoms in total. The zero-order valence-corrected chi connectivity index (χ0v) is 14.5. The summed E-state index contributed by atoms with van der Waals surface area (Å²) >= 11 is 5.96. The minimum Gasteiger partial charge on any atom is -0.496 e. The van der Waals surface area contributed by atoms with Crippen LogP contribution in [0.2, 0.25) is 5.02 Å². The zero-order valence-electron chi connectivity index (χ0n) is 13.7. The van der Waals surface area contributed by atoms with E-state index >= 15 is 0 Å². The van der Waals surface area contributed by atoms with Crippen molar-refractivity contribution in [2.45, 2.75) is 24.9 Å². The molecule has 0 radical (unpaired) electrons. The minimum absolute atomic E-state index is 0.118. The van der Waals surface area contributed by atoms with Crippen LogP contribution in [0.5, 0.6) is 5.75 Å². The Bertz CT molecular complexity index is 810. The fourth-order valence-electron chi connectivity index (χ4n) is 2.89. The fraction of sp³-hybridized carbons (Fsp3) is 0.438. The number of ether oxygens (including phenoxy) is 1. The first-order valence-corrected chi connectivity index (χ1v) is 8.21.